The third-order valence-corrected chi connectivity index (χ3v) is 2.21. The number of hydrogen-bond acceptors (Lipinski definition) is 1. The zero-order valence-corrected chi connectivity index (χ0v) is 8.77. The summed E-state index contributed by atoms with van der Waals surface area (Å²) in [6.45, 7) is 3.26. The lowest BCUT2D eigenvalue weighted by Gasteiger charge is -2.05. The van der Waals surface area contributed by atoms with E-state index >= 15 is 0 Å². The standard InChI is InChI=1S/C11H16ClN/c1-2-3-4-9-13-11-7-5-10(12)6-8-11/h5-8,13H,2-4,9H2,1H3. The molecule has 0 spiro atoms. The van der Waals surface area contributed by atoms with Crippen molar-refractivity contribution in [1.29, 1.82) is 0 Å². The molecule has 0 atom stereocenters. The Morgan fingerprint density at radius 3 is 2.46 bits per heavy atom. The molecule has 1 aromatic carbocycles. The predicted octanol–water partition coefficient (Wildman–Crippen LogP) is 3.94. The van der Waals surface area contributed by atoms with Crippen LogP contribution in [0.5, 0.6) is 0 Å². The quantitative estimate of drug-likeness (QED) is 0.706. The van der Waals surface area contributed by atoms with E-state index in [1.165, 1.54) is 19.3 Å². The summed E-state index contributed by atoms with van der Waals surface area (Å²) in [4.78, 5) is 0. The van der Waals surface area contributed by atoms with Gasteiger partial charge in [0.05, 0.1) is 0 Å². The molecule has 2 heteroatoms. The number of hydrogen-bond donors (Lipinski definition) is 1. The molecule has 0 aliphatic heterocycles. The van der Waals surface area contributed by atoms with Gasteiger partial charge in [-0.2, -0.15) is 0 Å². The van der Waals surface area contributed by atoms with Crippen molar-refractivity contribution in [2.75, 3.05) is 11.9 Å². The van der Waals surface area contributed by atoms with E-state index in [0.29, 0.717) is 0 Å². The first-order valence-corrected chi connectivity index (χ1v) is 5.20. The third-order valence-electron chi connectivity index (χ3n) is 1.95. The molecule has 1 N–H and O–H groups in total. The molecule has 13 heavy (non-hydrogen) atoms. The van der Waals surface area contributed by atoms with Crippen molar-refractivity contribution in [3.63, 3.8) is 0 Å². The largest absolute Gasteiger partial charge is 0.385 e. The molecule has 1 nitrogen and oxygen atoms in total. The summed E-state index contributed by atoms with van der Waals surface area (Å²) in [5, 5.41) is 4.14. The van der Waals surface area contributed by atoms with Crippen LogP contribution in [0.4, 0.5) is 5.69 Å². The van der Waals surface area contributed by atoms with Gasteiger partial charge < -0.3 is 5.32 Å². The van der Waals surface area contributed by atoms with Crippen LogP contribution in [0, 0.1) is 0 Å². The van der Waals surface area contributed by atoms with Gasteiger partial charge in [0.2, 0.25) is 0 Å². The summed E-state index contributed by atoms with van der Waals surface area (Å²) >= 11 is 5.77. The minimum Gasteiger partial charge on any atom is -0.385 e. The first-order valence-electron chi connectivity index (χ1n) is 4.82. The number of unbranched alkanes of at least 4 members (excludes halogenated alkanes) is 2. The van der Waals surface area contributed by atoms with Crippen LogP contribution >= 0.6 is 11.6 Å². The minimum absolute atomic E-state index is 0.791. The van der Waals surface area contributed by atoms with Crippen molar-refractivity contribution >= 4 is 17.3 Å². The number of nitrogens with one attached hydrogen (secondary N) is 1. The van der Waals surface area contributed by atoms with Gasteiger partial charge in [0.1, 0.15) is 0 Å². The summed E-state index contributed by atoms with van der Waals surface area (Å²) in [6, 6.07) is 7.83. The second-order valence-corrected chi connectivity index (χ2v) is 3.58. The van der Waals surface area contributed by atoms with Crippen molar-refractivity contribution in [1.82, 2.24) is 0 Å². The maximum absolute atomic E-state index is 5.77. The highest BCUT2D eigenvalue weighted by atomic mass is 35.5. The van der Waals surface area contributed by atoms with E-state index in [4.69, 9.17) is 11.6 Å². The fourth-order valence-electron chi connectivity index (χ4n) is 1.18. The molecule has 0 aliphatic rings. The van der Waals surface area contributed by atoms with Crippen molar-refractivity contribution < 1.29 is 0 Å². The van der Waals surface area contributed by atoms with Crippen molar-refractivity contribution in [2.24, 2.45) is 0 Å². The van der Waals surface area contributed by atoms with Gasteiger partial charge in [-0.15, -0.1) is 0 Å². The molecule has 0 bridgehead atoms. The van der Waals surface area contributed by atoms with Crippen LogP contribution < -0.4 is 5.32 Å². The highest BCUT2D eigenvalue weighted by Gasteiger charge is 1.90. The van der Waals surface area contributed by atoms with Crippen LogP contribution in [-0.4, -0.2) is 6.54 Å². The topological polar surface area (TPSA) is 12.0 Å². The van der Waals surface area contributed by atoms with Crippen molar-refractivity contribution in [3.05, 3.63) is 29.3 Å². The van der Waals surface area contributed by atoms with Crippen molar-refractivity contribution in [2.45, 2.75) is 26.2 Å². The third kappa shape index (κ3) is 4.18. The lowest BCUT2D eigenvalue weighted by Crippen LogP contribution is -2.00. The van der Waals surface area contributed by atoms with Crippen LogP contribution in [0.25, 0.3) is 0 Å². The Labute approximate surface area is 85.1 Å². The first kappa shape index (κ1) is 10.4. The van der Waals surface area contributed by atoms with Gasteiger partial charge in [-0.1, -0.05) is 31.4 Å². The van der Waals surface area contributed by atoms with E-state index in [1.54, 1.807) is 0 Å². The minimum atomic E-state index is 0.791. The average Bonchev–Trinajstić information content (AvgIpc) is 2.15. The monoisotopic (exact) mass is 197 g/mol. The van der Waals surface area contributed by atoms with Gasteiger partial charge in [0.25, 0.3) is 0 Å². The summed E-state index contributed by atoms with van der Waals surface area (Å²) in [5.41, 5.74) is 1.15. The number of anilines is 1. The normalized spacial score (nSPS) is 10.0. The molecule has 1 aromatic rings. The summed E-state index contributed by atoms with van der Waals surface area (Å²) in [6.07, 6.45) is 3.79. The Morgan fingerprint density at radius 1 is 1.15 bits per heavy atom. The van der Waals surface area contributed by atoms with Crippen LogP contribution in [0.1, 0.15) is 26.2 Å². The summed E-state index contributed by atoms with van der Waals surface area (Å²) in [7, 11) is 0. The van der Waals surface area contributed by atoms with E-state index in [-0.39, 0.29) is 0 Å². The highest BCUT2D eigenvalue weighted by Crippen LogP contribution is 2.13. The summed E-state index contributed by atoms with van der Waals surface area (Å²) in [5.74, 6) is 0. The number of benzene rings is 1. The molecule has 72 valence electrons. The SMILES string of the molecule is CCCCCNc1ccc(Cl)cc1. The Kier molecular flexibility index (Phi) is 4.69. The number of halogens is 1. The molecule has 0 saturated heterocycles. The molecule has 0 heterocycles. The second-order valence-electron chi connectivity index (χ2n) is 3.14. The first-order chi connectivity index (χ1) is 6.33. The fourth-order valence-corrected chi connectivity index (χ4v) is 1.30. The van der Waals surface area contributed by atoms with E-state index in [9.17, 15) is 0 Å². The van der Waals surface area contributed by atoms with Gasteiger partial charge in [0.15, 0.2) is 0 Å². The Morgan fingerprint density at radius 2 is 1.85 bits per heavy atom. The maximum Gasteiger partial charge on any atom is 0.0407 e. The molecule has 0 amide bonds. The molecule has 0 unspecified atom stereocenters. The Balaban J connectivity index is 2.25. The molecular formula is C11H16ClN. The molecule has 1 rings (SSSR count). The van der Waals surface area contributed by atoms with Gasteiger partial charge in [-0.05, 0) is 30.7 Å². The number of rotatable bonds is 5. The smallest absolute Gasteiger partial charge is 0.0407 e. The zero-order chi connectivity index (χ0) is 9.52. The van der Waals surface area contributed by atoms with Gasteiger partial charge in [-0.3, -0.25) is 0 Å². The van der Waals surface area contributed by atoms with Gasteiger partial charge in [0, 0.05) is 17.3 Å². The Hall–Kier alpha value is -0.690. The van der Waals surface area contributed by atoms with Gasteiger partial charge in [-0.25, -0.2) is 0 Å². The molecule has 0 radical (unpaired) electrons. The van der Waals surface area contributed by atoms with Crippen LogP contribution in [0.15, 0.2) is 24.3 Å². The van der Waals surface area contributed by atoms with Gasteiger partial charge >= 0.3 is 0 Å². The second kappa shape index (κ2) is 5.87. The van der Waals surface area contributed by atoms with E-state index in [2.05, 4.69) is 12.2 Å². The van der Waals surface area contributed by atoms with Crippen LogP contribution in [-0.2, 0) is 0 Å². The lowest BCUT2D eigenvalue weighted by atomic mass is 10.2. The lowest BCUT2D eigenvalue weighted by molar-refractivity contribution is 0.744. The molecular weight excluding hydrogens is 182 g/mol. The van der Waals surface area contributed by atoms with Crippen LogP contribution in [0.3, 0.4) is 0 Å². The highest BCUT2D eigenvalue weighted by molar-refractivity contribution is 6.30. The average molecular weight is 198 g/mol. The maximum atomic E-state index is 5.77. The fraction of sp³-hybridized carbons (Fsp3) is 0.455. The summed E-state index contributed by atoms with van der Waals surface area (Å²) < 4.78 is 0. The predicted molar refractivity (Wildman–Crippen MR) is 59.5 cm³/mol. The molecule has 0 saturated carbocycles. The zero-order valence-electron chi connectivity index (χ0n) is 8.02. The Bertz CT molecular complexity index is 230. The molecule has 0 fully saturated rings. The van der Waals surface area contributed by atoms with Crippen LogP contribution in [0.2, 0.25) is 5.02 Å². The molecule has 0 aliphatic carbocycles. The van der Waals surface area contributed by atoms with Crippen molar-refractivity contribution in [3.8, 4) is 0 Å². The molecule has 0 aromatic heterocycles. The van der Waals surface area contributed by atoms with E-state index in [1.807, 2.05) is 24.3 Å². The van der Waals surface area contributed by atoms with E-state index in [0.717, 1.165) is 17.3 Å². The van der Waals surface area contributed by atoms with E-state index < -0.39 is 0 Å².